The van der Waals surface area contributed by atoms with Gasteiger partial charge in [-0.25, -0.2) is 14.6 Å². The van der Waals surface area contributed by atoms with Crippen LogP contribution in [0.5, 0.6) is 0 Å². The van der Waals surface area contributed by atoms with Gasteiger partial charge < -0.3 is 14.8 Å². The number of nitrogens with zero attached hydrogens (tertiary/aromatic N) is 2. The summed E-state index contributed by atoms with van der Waals surface area (Å²) in [5.41, 5.74) is -0.643. The highest BCUT2D eigenvalue weighted by Gasteiger charge is 2.25. The van der Waals surface area contributed by atoms with E-state index in [1.807, 2.05) is 0 Å². The molecule has 1 N–H and O–H groups in total. The molecule has 8 heteroatoms. The molecular formula is C18H27N3O4S. The highest BCUT2D eigenvalue weighted by atomic mass is 32.1. The average Bonchev–Trinajstić information content (AvgIpc) is 2.88. The number of anilines is 1. The van der Waals surface area contributed by atoms with E-state index in [0.29, 0.717) is 10.8 Å². The lowest BCUT2D eigenvalue weighted by molar-refractivity contribution is 0.0513. The standard InChI is InChI=1S/C18H27N3O4S/c1-8-9-13-12-26-14(20-13)21(16(23)25-18(5,6)7)11-10-19-15(22)24-17(2,3)4/h12H,10-11H2,1-7H3,(H,19,22). The largest absolute Gasteiger partial charge is 0.444 e. The zero-order valence-corrected chi connectivity index (χ0v) is 17.2. The number of thiazole rings is 1. The zero-order chi connectivity index (χ0) is 20.0. The number of carbonyl (C=O) groups is 2. The van der Waals surface area contributed by atoms with Gasteiger partial charge in [0.15, 0.2) is 5.13 Å². The maximum absolute atomic E-state index is 12.5. The van der Waals surface area contributed by atoms with Gasteiger partial charge in [-0.2, -0.15) is 0 Å². The van der Waals surface area contributed by atoms with E-state index in [1.165, 1.54) is 16.2 Å². The monoisotopic (exact) mass is 381 g/mol. The van der Waals surface area contributed by atoms with Gasteiger partial charge in [0, 0.05) is 18.5 Å². The third-order valence-electron chi connectivity index (χ3n) is 2.59. The van der Waals surface area contributed by atoms with Crippen molar-refractivity contribution < 1.29 is 19.1 Å². The molecule has 2 amide bonds. The molecule has 0 saturated heterocycles. The van der Waals surface area contributed by atoms with Gasteiger partial charge in [0.25, 0.3) is 0 Å². The molecule has 0 saturated carbocycles. The highest BCUT2D eigenvalue weighted by Crippen LogP contribution is 2.22. The molecule has 144 valence electrons. The molecule has 0 aliphatic rings. The predicted molar refractivity (Wildman–Crippen MR) is 102 cm³/mol. The molecule has 0 atom stereocenters. The normalized spacial score (nSPS) is 11.2. The van der Waals surface area contributed by atoms with Crippen LogP contribution in [0.4, 0.5) is 14.7 Å². The van der Waals surface area contributed by atoms with Crippen molar-refractivity contribution in [2.24, 2.45) is 0 Å². The van der Waals surface area contributed by atoms with Crippen LogP contribution in [0.2, 0.25) is 0 Å². The lowest BCUT2D eigenvalue weighted by Gasteiger charge is -2.26. The van der Waals surface area contributed by atoms with Gasteiger partial charge in [0.2, 0.25) is 0 Å². The molecule has 0 spiro atoms. The first-order valence-corrected chi connectivity index (χ1v) is 9.15. The molecule has 1 rings (SSSR count). The van der Waals surface area contributed by atoms with Gasteiger partial charge in [-0.1, -0.05) is 5.92 Å². The molecule has 0 fully saturated rings. The Kier molecular flexibility index (Phi) is 7.45. The Bertz CT molecular complexity index is 690. The Morgan fingerprint density at radius 3 is 2.35 bits per heavy atom. The van der Waals surface area contributed by atoms with Crippen LogP contribution in [-0.4, -0.2) is 41.5 Å². The first-order chi connectivity index (χ1) is 11.9. The Morgan fingerprint density at radius 2 is 1.81 bits per heavy atom. The summed E-state index contributed by atoms with van der Waals surface area (Å²) in [5.74, 6) is 5.62. The summed E-state index contributed by atoms with van der Waals surface area (Å²) < 4.78 is 10.6. The molecule has 7 nitrogen and oxygen atoms in total. The topological polar surface area (TPSA) is 80.8 Å². The average molecular weight is 381 g/mol. The van der Waals surface area contributed by atoms with Crippen LogP contribution >= 0.6 is 11.3 Å². The number of alkyl carbamates (subject to hydrolysis) is 1. The third kappa shape index (κ3) is 8.21. The van der Waals surface area contributed by atoms with E-state index in [4.69, 9.17) is 9.47 Å². The summed E-state index contributed by atoms with van der Waals surface area (Å²) >= 11 is 1.29. The number of aromatic nitrogens is 1. The van der Waals surface area contributed by atoms with Crippen molar-refractivity contribution in [1.82, 2.24) is 10.3 Å². The molecule has 26 heavy (non-hydrogen) atoms. The quantitative estimate of drug-likeness (QED) is 0.803. The Hall–Kier alpha value is -2.27. The fourth-order valence-corrected chi connectivity index (χ4v) is 2.51. The van der Waals surface area contributed by atoms with E-state index in [2.05, 4.69) is 22.1 Å². The first-order valence-electron chi connectivity index (χ1n) is 8.27. The third-order valence-corrected chi connectivity index (χ3v) is 3.46. The maximum Gasteiger partial charge on any atom is 0.416 e. The van der Waals surface area contributed by atoms with Gasteiger partial charge in [-0.3, -0.25) is 4.90 Å². The smallest absolute Gasteiger partial charge is 0.416 e. The van der Waals surface area contributed by atoms with E-state index in [1.54, 1.807) is 53.8 Å². The minimum atomic E-state index is -0.642. The number of hydrogen-bond donors (Lipinski definition) is 1. The molecule has 0 unspecified atom stereocenters. The summed E-state index contributed by atoms with van der Waals surface area (Å²) in [6.07, 6.45) is -1.08. The van der Waals surface area contributed by atoms with E-state index in [0.717, 1.165) is 0 Å². The fourth-order valence-electron chi connectivity index (χ4n) is 1.74. The van der Waals surface area contributed by atoms with Crippen molar-refractivity contribution in [3.8, 4) is 11.8 Å². The number of carbonyl (C=O) groups excluding carboxylic acids is 2. The second kappa shape index (κ2) is 8.90. The summed E-state index contributed by atoms with van der Waals surface area (Å²) in [6, 6.07) is 0. The zero-order valence-electron chi connectivity index (χ0n) is 16.4. The van der Waals surface area contributed by atoms with Crippen LogP contribution in [0.25, 0.3) is 0 Å². The van der Waals surface area contributed by atoms with E-state index < -0.39 is 23.4 Å². The fraction of sp³-hybridized carbons (Fsp3) is 0.611. The van der Waals surface area contributed by atoms with Crippen LogP contribution in [-0.2, 0) is 9.47 Å². The Labute approximate surface area is 159 Å². The van der Waals surface area contributed by atoms with E-state index in [9.17, 15) is 9.59 Å². The first kappa shape index (κ1) is 21.8. The van der Waals surface area contributed by atoms with Crippen LogP contribution in [0.15, 0.2) is 5.38 Å². The van der Waals surface area contributed by atoms with Gasteiger partial charge >= 0.3 is 12.2 Å². The Balaban J connectivity index is 2.82. The van der Waals surface area contributed by atoms with Gasteiger partial charge in [0.05, 0.1) is 0 Å². The summed E-state index contributed by atoms with van der Waals surface area (Å²) in [7, 11) is 0. The molecule has 0 aliphatic carbocycles. The van der Waals surface area contributed by atoms with Crippen molar-refractivity contribution in [1.29, 1.82) is 0 Å². The molecule has 1 heterocycles. The van der Waals surface area contributed by atoms with Crippen LogP contribution in [0.3, 0.4) is 0 Å². The minimum absolute atomic E-state index is 0.195. The van der Waals surface area contributed by atoms with Crippen LogP contribution in [0.1, 0.15) is 54.2 Å². The second-order valence-corrected chi connectivity index (χ2v) is 8.29. The molecule has 1 aromatic heterocycles. The molecule has 1 aromatic rings. The molecule has 0 radical (unpaired) electrons. The maximum atomic E-state index is 12.5. The SMILES string of the molecule is CC#Cc1csc(N(CCNC(=O)OC(C)(C)C)C(=O)OC(C)(C)C)n1. The number of nitrogens with one attached hydrogen (secondary N) is 1. The van der Waals surface area contributed by atoms with Crippen molar-refractivity contribution in [3.05, 3.63) is 11.1 Å². The minimum Gasteiger partial charge on any atom is -0.444 e. The summed E-state index contributed by atoms with van der Waals surface area (Å²) in [6.45, 7) is 12.8. The van der Waals surface area contributed by atoms with E-state index in [-0.39, 0.29) is 13.1 Å². The molecule has 0 bridgehead atoms. The van der Waals surface area contributed by atoms with Crippen molar-refractivity contribution >= 4 is 28.7 Å². The number of rotatable bonds is 4. The second-order valence-electron chi connectivity index (χ2n) is 7.45. The summed E-state index contributed by atoms with van der Waals surface area (Å²) in [5, 5.41) is 4.86. The van der Waals surface area contributed by atoms with Gasteiger partial charge in [0.1, 0.15) is 16.9 Å². The van der Waals surface area contributed by atoms with Crippen molar-refractivity contribution in [2.45, 2.75) is 59.7 Å². The molecule has 0 aromatic carbocycles. The molecule has 0 aliphatic heterocycles. The summed E-state index contributed by atoms with van der Waals surface area (Å²) in [4.78, 5) is 30.0. The highest BCUT2D eigenvalue weighted by molar-refractivity contribution is 7.14. The van der Waals surface area contributed by atoms with E-state index >= 15 is 0 Å². The van der Waals surface area contributed by atoms with Crippen molar-refractivity contribution in [2.75, 3.05) is 18.0 Å². The lowest BCUT2D eigenvalue weighted by Crippen LogP contribution is -2.42. The number of amides is 2. The Morgan fingerprint density at radius 1 is 1.19 bits per heavy atom. The lowest BCUT2D eigenvalue weighted by atomic mass is 10.2. The van der Waals surface area contributed by atoms with Gasteiger partial charge in [-0.15, -0.1) is 11.3 Å². The van der Waals surface area contributed by atoms with Crippen LogP contribution < -0.4 is 10.2 Å². The van der Waals surface area contributed by atoms with Crippen molar-refractivity contribution in [3.63, 3.8) is 0 Å². The number of ether oxygens (including phenoxy) is 2. The van der Waals surface area contributed by atoms with Crippen LogP contribution in [0, 0.1) is 11.8 Å². The molecular weight excluding hydrogens is 354 g/mol. The number of hydrogen-bond acceptors (Lipinski definition) is 6. The predicted octanol–water partition coefficient (Wildman–Crippen LogP) is 3.78. The van der Waals surface area contributed by atoms with Gasteiger partial charge in [-0.05, 0) is 54.4 Å².